The highest BCUT2D eigenvalue weighted by Gasteiger charge is 2.34. The Morgan fingerprint density at radius 3 is 2.65 bits per heavy atom. The van der Waals surface area contributed by atoms with Gasteiger partial charge in [0.05, 0.1) is 11.9 Å². The maximum absolute atomic E-state index is 16.4. The molecule has 11 heteroatoms. The van der Waals surface area contributed by atoms with Crippen molar-refractivity contribution in [3.63, 3.8) is 0 Å². The lowest BCUT2D eigenvalue weighted by molar-refractivity contribution is 0.272. The Hall–Kier alpha value is -3.89. The Morgan fingerprint density at radius 1 is 1.05 bits per heavy atom. The van der Waals surface area contributed by atoms with Crippen LogP contribution in [0, 0.1) is 5.82 Å². The maximum atomic E-state index is 16.4. The molecule has 2 fully saturated rings. The largest absolute Gasteiger partial charge is 0.461 e. The van der Waals surface area contributed by atoms with Crippen LogP contribution in [0.25, 0.3) is 32.9 Å². The molecule has 2 saturated heterocycles. The number of hydrogen-bond donors (Lipinski definition) is 1. The molecule has 5 heterocycles. The molecule has 8 nitrogen and oxygen atoms in total. The van der Waals surface area contributed by atoms with Gasteiger partial charge in [0.2, 0.25) is 0 Å². The van der Waals surface area contributed by atoms with Crippen molar-refractivity contribution in [2.24, 2.45) is 0 Å². The van der Waals surface area contributed by atoms with Crippen LogP contribution < -0.4 is 15.0 Å². The molecule has 2 atom stereocenters. The first-order valence-corrected chi connectivity index (χ1v) is 13.7. The molecule has 2 bridgehead atoms. The molecule has 0 radical (unpaired) electrons. The van der Waals surface area contributed by atoms with E-state index in [1.807, 2.05) is 30.3 Å². The summed E-state index contributed by atoms with van der Waals surface area (Å²) in [5.41, 5.74) is 0.879. The summed E-state index contributed by atoms with van der Waals surface area (Å²) in [6.07, 6.45) is 7.06. The van der Waals surface area contributed by atoms with Gasteiger partial charge in [0.1, 0.15) is 36.1 Å². The van der Waals surface area contributed by atoms with Gasteiger partial charge in [0, 0.05) is 59.7 Å². The van der Waals surface area contributed by atoms with E-state index in [9.17, 15) is 4.39 Å². The number of aromatic nitrogens is 5. The third-order valence-corrected chi connectivity index (χ3v) is 8.07. The van der Waals surface area contributed by atoms with E-state index in [2.05, 4.69) is 25.2 Å². The van der Waals surface area contributed by atoms with Gasteiger partial charge in [0.25, 0.3) is 0 Å². The number of alkyl halides is 1. The second-order valence-electron chi connectivity index (χ2n) is 10.2. The Balaban J connectivity index is 1.32. The van der Waals surface area contributed by atoms with Gasteiger partial charge >= 0.3 is 6.01 Å². The number of hydrogen-bond acceptors (Lipinski definition) is 7. The minimum atomic E-state index is -0.672. The average Bonchev–Trinajstić information content (AvgIpc) is 3.57. The van der Waals surface area contributed by atoms with E-state index >= 15 is 4.39 Å². The first-order chi connectivity index (χ1) is 19.6. The Labute approximate surface area is 234 Å². The molecule has 2 aromatic carbocycles. The molecule has 2 unspecified atom stereocenters. The van der Waals surface area contributed by atoms with Crippen LogP contribution >= 0.6 is 11.6 Å². The number of piperazine rings is 1. The second kappa shape index (κ2) is 10.3. The second-order valence-corrected chi connectivity index (χ2v) is 10.6. The smallest absolute Gasteiger partial charge is 0.319 e. The SMILES string of the molecule is FCc1nccn1CCOc1nc(N2CC3CCC(C2)N3)c2cnc(-c3cccc4cccc(Cl)c34)c(F)c2n1. The van der Waals surface area contributed by atoms with Crippen LogP contribution in [0.1, 0.15) is 18.7 Å². The van der Waals surface area contributed by atoms with Crippen LogP contribution in [0.15, 0.2) is 55.0 Å². The molecule has 0 amide bonds. The fourth-order valence-electron chi connectivity index (χ4n) is 5.89. The molecule has 40 heavy (non-hydrogen) atoms. The van der Waals surface area contributed by atoms with Gasteiger partial charge in [0.15, 0.2) is 5.82 Å². The summed E-state index contributed by atoms with van der Waals surface area (Å²) in [6, 6.07) is 11.9. The number of ether oxygens (including phenoxy) is 1. The lowest BCUT2D eigenvalue weighted by Crippen LogP contribution is -2.51. The van der Waals surface area contributed by atoms with Crippen molar-refractivity contribution in [1.82, 2.24) is 29.8 Å². The van der Waals surface area contributed by atoms with Crippen molar-refractivity contribution >= 4 is 39.1 Å². The van der Waals surface area contributed by atoms with Gasteiger partial charge in [-0.3, -0.25) is 4.98 Å². The Kier molecular flexibility index (Phi) is 6.44. The van der Waals surface area contributed by atoms with Crippen molar-refractivity contribution < 1.29 is 13.5 Å². The van der Waals surface area contributed by atoms with E-state index < -0.39 is 12.5 Å². The quantitative estimate of drug-likeness (QED) is 0.288. The summed E-state index contributed by atoms with van der Waals surface area (Å²) < 4.78 is 37.2. The molecular weight excluding hydrogens is 536 g/mol. The van der Waals surface area contributed by atoms with Crippen LogP contribution in [0.2, 0.25) is 5.02 Å². The zero-order valence-corrected chi connectivity index (χ0v) is 22.3. The standard InChI is InChI=1S/C29H26ClF2N7O/c30-22-6-2-4-17-3-1-5-20(24(17)22)26-25(32)27-21(14-34-26)28(39-15-18-7-8-19(16-39)35-18)37-29(36-27)40-12-11-38-10-9-33-23(38)13-31/h1-6,9-10,14,18-19,35H,7-8,11-13,15-16H2. The number of fused-ring (bicyclic) bond motifs is 4. The van der Waals surface area contributed by atoms with Crippen molar-refractivity contribution in [2.45, 2.75) is 38.1 Å². The highest BCUT2D eigenvalue weighted by atomic mass is 35.5. The molecule has 7 rings (SSSR count). The average molecular weight is 562 g/mol. The summed E-state index contributed by atoms with van der Waals surface area (Å²) in [5.74, 6) is 0.348. The van der Waals surface area contributed by atoms with Crippen LogP contribution in [0.5, 0.6) is 6.01 Å². The van der Waals surface area contributed by atoms with E-state index in [1.165, 1.54) is 0 Å². The van der Waals surface area contributed by atoms with Crippen molar-refractivity contribution in [1.29, 1.82) is 0 Å². The van der Waals surface area contributed by atoms with Crippen molar-refractivity contribution in [2.75, 3.05) is 24.6 Å². The molecule has 3 aromatic heterocycles. The molecule has 0 saturated carbocycles. The van der Waals surface area contributed by atoms with Crippen molar-refractivity contribution in [3.8, 4) is 17.3 Å². The normalized spacial score (nSPS) is 18.6. The first kappa shape index (κ1) is 25.1. The highest BCUT2D eigenvalue weighted by Crippen LogP contribution is 2.38. The fourth-order valence-corrected chi connectivity index (χ4v) is 6.17. The lowest BCUT2D eigenvalue weighted by atomic mass is 10.0. The van der Waals surface area contributed by atoms with Gasteiger partial charge in [-0.05, 0) is 24.3 Å². The van der Waals surface area contributed by atoms with Crippen LogP contribution in [-0.2, 0) is 13.2 Å². The number of imidazole rings is 1. The lowest BCUT2D eigenvalue weighted by Gasteiger charge is -2.34. The van der Waals surface area contributed by atoms with E-state index in [1.54, 1.807) is 29.2 Å². The zero-order valence-electron chi connectivity index (χ0n) is 21.5. The number of halogens is 3. The summed E-state index contributed by atoms with van der Waals surface area (Å²) in [4.78, 5) is 20.0. The third-order valence-electron chi connectivity index (χ3n) is 7.75. The first-order valence-electron chi connectivity index (χ1n) is 13.3. The number of benzene rings is 2. The third kappa shape index (κ3) is 4.41. The molecule has 204 valence electrons. The van der Waals surface area contributed by atoms with Gasteiger partial charge in [-0.15, -0.1) is 0 Å². The van der Waals surface area contributed by atoms with Crippen LogP contribution in [-0.4, -0.2) is 56.3 Å². The molecule has 5 aromatic rings. The van der Waals surface area contributed by atoms with Gasteiger partial charge in [-0.25, -0.2) is 13.8 Å². The predicted molar refractivity (Wildman–Crippen MR) is 150 cm³/mol. The van der Waals surface area contributed by atoms with E-state index in [0.29, 0.717) is 46.2 Å². The number of anilines is 1. The fraction of sp³-hybridized carbons (Fsp3) is 0.310. The summed E-state index contributed by atoms with van der Waals surface area (Å²) in [6.45, 7) is 1.35. The molecule has 1 N–H and O–H groups in total. The Bertz CT molecular complexity index is 1710. The Morgan fingerprint density at radius 2 is 1.85 bits per heavy atom. The van der Waals surface area contributed by atoms with E-state index in [-0.39, 0.29) is 23.8 Å². The predicted octanol–water partition coefficient (Wildman–Crippen LogP) is 5.32. The van der Waals surface area contributed by atoms with Crippen molar-refractivity contribution in [3.05, 3.63) is 71.7 Å². The van der Waals surface area contributed by atoms with Crippen LogP contribution in [0.4, 0.5) is 14.6 Å². The van der Waals surface area contributed by atoms with Gasteiger partial charge in [-0.2, -0.15) is 9.97 Å². The highest BCUT2D eigenvalue weighted by molar-refractivity contribution is 6.36. The molecule has 2 aliphatic heterocycles. The summed E-state index contributed by atoms with van der Waals surface area (Å²) >= 11 is 6.55. The number of nitrogens with one attached hydrogen (secondary N) is 1. The number of pyridine rings is 1. The van der Waals surface area contributed by atoms with Gasteiger partial charge < -0.3 is 19.5 Å². The van der Waals surface area contributed by atoms with E-state index in [4.69, 9.17) is 21.3 Å². The monoisotopic (exact) mass is 561 g/mol. The number of nitrogens with zero attached hydrogens (tertiary/aromatic N) is 6. The summed E-state index contributed by atoms with van der Waals surface area (Å²) in [5, 5.41) is 6.28. The number of rotatable bonds is 7. The van der Waals surface area contributed by atoms with E-state index in [0.717, 1.165) is 36.7 Å². The maximum Gasteiger partial charge on any atom is 0.319 e. The minimum Gasteiger partial charge on any atom is -0.461 e. The molecule has 2 aliphatic rings. The summed E-state index contributed by atoms with van der Waals surface area (Å²) in [7, 11) is 0. The molecule has 0 spiro atoms. The topological polar surface area (TPSA) is 81.0 Å². The minimum absolute atomic E-state index is 0.0577. The van der Waals surface area contributed by atoms with Gasteiger partial charge in [-0.1, -0.05) is 41.9 Å². The zero-order chi connectivity index (χ0) is 27.2. The molecule has 0 aliphatic carbocycles. The molecular formula is C29H26ClF2N7O. The van der Waals surface area contributed by atoms with Crippen LogP contribution in [0.3, 0.4) is 0 Å².